The van der Waals surface area contributed by atoms with E-state index in [-0.39, 0.29) is 13.2 Å². The van der Waals surface area contributed by atoms with E-state index in [0.29, 0.717) is 0 Å². The second-order valence-corrected chi connectivity index (χ2v) is 3.09. The predicted molar refractivity (Wildman–Crippen MR) is 54.6 cm³/mol. The second-order valence-electron chi connectivity index (χ2n) is 3.09. The summed E-state index contributed by atoms with van der Waals surface area (Å²) in [6.07, 6.45) is 1.58. The van der Waals surface area contributed by atoms with Crippen LogP contribution in [0, 0.1) is 0 Å². The van der Waals surface area contributed by atoms with Crippen molar-refractivity contribution in [2.75, 3.05) is 13.6 Å². The third-order valence-electron chi connectivity index (χ3n) is 1.76. The Labute approximate surface area is 88.5 Å². The summed E-state index contributed by atoms with van der Waals surface area (Å²) in [7, 11) is 1.47. The Bertz CT molecular complexity index is 324. The van der Waals surface area contributed by atoms with E-state index in [9.17, 15) is 9.59 Å². The largest absolute Gasteiger partial charge is 0.459 e. The van der Waals surface area contributed by atoms with Crippen molar-refractivity contribution in [3.63, 3.8) is 0 Å². The summed E-state index contributed by atoms with van der Waals surface area (Å²) in [5.41, 5.74) is 0.920. The van der Waals surface area contributed by atoms with Crippen LogP contribution in [-0.4, -0.2) is 30.9 Å². The van der Waals surface area contributed by atoms with Crippen LogP contribution >= 0.6 is 0 Å². The van der Waals surface area contributed by atoms with Crippen LogP contribution < -0.4 is 0 Å². The van der Waals surface area contributed by atoms with E-state index in [4.69, 9.17) is 4.74 Å². The van der Waals surface area contributed by atoms with Gasteiger partial charge < -0.3 is 9.64 Å². The number of carbonyl (C=O) groups excluding carboxylic acids is 2. The van der Waals surface area contributed by atoms with Crippen molar-refractivity contribution >= 4 is 12.4 Å². The molecule has 1 aromatic rings. The van der Waals surface area contributed by atoms with Gasteiger partial charge in [-0.25, -0.2) is 0 Å². The first-order chi connectivity index (χ1) is 7.22. The predicted octanol–water partition coefficient (Wildman–Crippen LogP) is 0.729. The van der Waals surface area contributed by atoms with Crippen LogP contribution in [0.15, 0.2) is 30.3 Å². The summed E-state index contributed by atoms with van der Waals surface area (Å²) >= 11 is 0. The molecule has 0 aliphatic heterocycles. The topological polar surface area (TPSA) is 46.6 Å². The van der Waals surface area contributed by atoms with Gasteiger partial charge in [-0.1, -0.05) is 30.3 Å². The average molecular weight is 206 g/mol. The molecule has 4 nitrogen and oxygen atoms in total. The molecule has 1 rings (SSSR count). The van der Waals surface area contributed by atoms with E-state index in [2.05, 4.69) is 0 Å². The average Bonchev–Trinajstić information content (AvgIpc) is 2.27. The van der Waals surface area contributed by atoms with Crippen LogP contribution in [0.25, 0.3) is 0 Å². The molecular formula is C11H12NO3. The monoisotopic (exact) mass is 206 g/mol. The summed E-state index contributed by atoms with van der Waals surface area (Å²) in [6.45, 7) is 0.155. The molecule has 0 saturated carbocycles. The first-order valence-corrected chi connectivity index (χ1v) is 4.51. The Morgan fingerprint density at radius 3 is 2.67 bits per heavy atom. The van der Waals surface area contributed by atoms with Gasteiger partial charge in [0, 0.05) is 7.05 Å². The minimum atomic E-state index is -0.440. The zero-order valence-corrected chi connectivity index (χ0v) is 8.47. The van der Waals surface area contributed by atoms with E-state index in [1.807, 2.05) is 30.3 Å². The highest BCUT2D eigenvalue weighted by atomic mass is 16.5. The van der Waals surface area contributed by atoms with Crippen molar-refractivity contribution in [1.29, 1.82) is 0 Å². The highest BCUT2D eigenvalue weighted by Gasteiger charge is 2.06. The molecule has 1 amide bonds. The van der Waals surface area contributed by atoms with Crippen molar-refractivity contribution in [3.05, 3.63) is 35.9 Å². The summed E-state index contributed by atoms with van der Waals surface area (Å²) in [4.78, 5) is 22.4. The van der Waals surface area contributed by atoms with E-state index in [1.54, 1.807) is 6.41 Å². The molecular weight excluding hydrogens is 194 g/mol. The second kappa shape index (κ2) is 5.80. The number of likely N-dealkylation sites (N-methyl/N-ethyl adjacent to an activating group) is 1. The lowest BCUT2D eigenvalue weighted by Crippen LogP contribution is -2.25. The van der Waals surface area contributed by atoms with E-state index in [1.165, 1.54) is 7.05 Å². The molecule has 0 aromatic heterocycles. The number of benzene rings is 1. The van der Waals surface area contributed by atoms with Crippen molar-refractivity contribution in [2.45, 2.75) is 6.61 Å². The summed E-state index contributed by atoms with van der Waals surface area (Å²) < 4.78 is 4.94. The van der Waals surface area contributed by atoms with E-state index < -0.39 is 5.97 Å². The Balaban J connectivity index is 2.31. The number of ether oxygens (including phenoxy) is 1. The number of hydrogen-bond donors (Lipinski definition) is 0. The van der Waals surface area contributed by atoms with Crippen molar-refractivity contribution in [3.8, 4) is 0 Å². The Morgan fingerprint density at radius 1 is 1.40 bits per heavy atom. The molecule has 1 aromatic carbocycles. The van der Waals surface area contributed by atoms with Gasteiger partial charge in [-0.15, -0.1) is 0 Å². The molecule has 79 valence electrons. The van der Waals surface area contributed by atoms with Crippen LogP contribution in [0.1, 0.15) is 5.56 Å². The van der Waals surface area contributed by atoms with Crippen LogP contribution in [0.4, 0.5) is 0 Å². The summed E-state index contributed by atoms with van der Waals surface area (Å²) in [6, 6.07) is 9.36. The maximum absolute atomic E-state index is 11.1. The van der Waals surface area contributed by atoms with Gasteiger partial charge in [-0.3, -0.25) is 9.59 Å². The normalized spacial score (nSPS) is 9.40. The first-order valence-electron chi connectivity index (χ1n) is 4.51. The lowest BCUT2D eigenvalue weighted by molar-refractivity contribution is -0.145. The van der Waals surface area contributed by atoms with Gasteiger partial charge >= 0.3 is 12.4 Å². The number of rotatable bonds is 5. The van der Waals surface area contributed by atoms with Gasteiger partial charge in [0.05, 0.1) is 0 Å². The maximum Gasteiger partial charge on any atom is 0.325 e. The first kappa shape index (κ1) is 11.2. The van der Waals surface area contributed by atoms with Crippen LogP contribution in [-0.2, 0) is 20.9 Å². The standard InChI is InChI=1S/C11H12NO3/c1-12(9-13)7-11(14)15-8-10-5-3-2-4-6-10/h2-6H,7-8H2,1H3. The molecule has 15 heavy (non-hydrogen) atoms. The molecule has 0 bridgehead atoms. The zero-order valence-electron chi connectivity index (χ0n) is 8.47. The molecule has 0 unspecified atom stereocenters. The van der Waals surface area contributed by atoms with Gasteiger partial charge in [0.25, 0.3) is 0 Å². The fourth-order valence-electron chi connectivity index (χ4n) is 1.01. The SMILES string of the molecule is CN([C]=O)CC(=O)OCc1ccccc1. The number of carbonyl (C=O) groups is 1. The van der Waals surface area contributed by atoms with E-state index in [0.717, 1.165) is 10.5 Å². The van der Waals surface area contributed by atoms with Crippen LogP contribution in [0.3, 0.4) is 0 Å². The highest BCUT2D eigenvalue weighted by Crippen LogP contribution is 2.00. The lowest BCUT2D eigenvalue weighted by atomic mass is 10.2. The molecule has 0 N–H and O–H groups in total. The maximum atomic E-state index is 11.1. The molecule has 0 fully saturated rings. The Morgan fingerprint density at radius 2 is 2.07 bits per heavy atom. The Hall–Kier alpha value is -1.84. The van der Waals surface area contributed by atoms with Gasteiger partial charge in [0.15, 0.2) is 0 Å². The molecule has 0 aliphatic rings. The molecule has 0 aliphatic carbocycles. The quantitative estimate of drug-likeness (QED) is 0.527. The number of esters is 1. The molecule has 0 saturated heterocycles. The fraction of sp³-hybridized carbons (Fsp3) is 0.273. The molecule has 1 radical (unpaired) electrons. The lowest BCUT2D eigenvalue weighted by Gasteiger charge is -2.08. The van der Waals surface area contributed by atoms with Gasteiger partial charge in [-0.05, 0) is 5.56 Å². The van der Waals surface area contributed by atoms with Gasteiger partial charge in [0.1, 0.15) is 13.2 Å². The number of amides is 1. The van der Waals surface area contributed by atoms with Crippen molar-refractivity contribution in [1.82, 2.24) is 4.90 Å². The fourth-order valence-corrected chi connectivity index (χ4v) is 1.01. The smallest absolute Gasteiger partial charge is 0.325 e. The molecule has 0 heterocycles. The van der Waals surface area contributed by atoms with Gasteiger partial charge in [-0.2, -0.15) is 0 Å². The minimum Gasteiger partial charge on any atom is -0.459 e. The molecule has 0 spiro atoms. The minimum absolute atomic E-state index is 0.0731. The van der Waals surface area contributed by atoms with Crippen molar-refractivity contribution in [2.24, 2.45) is 0 Å². The summed E-state index contributed by atoms with van der Waals surface area (Å²) in [5, 5.41) is 0. The number of nitrogens with zero attached hydrogens (tertiary/aromatic N) is 1. The third-order valence-corrected chi connectivity index (χ3v) is 1.76. The molecule has 0 atom stereocenters. The third kappa shape index (κ3) is 4.26. The Kier molecular flexibility index (Phi) is 4.34. The van der Waals surface area contributed by atoms with Crippen LogP contribution in [0.2, 0.25) is 0 Å². The highest BCUT2D eigenvalue weighted by molar-refractivity contribution is 5.74. The zero-order chi connectivity index (χ0) is 11.1. The summed E-state index contributed by atoms with van der Waals surface area (Å²) in [5.74, 6) is -0.440. The van der Waals surface area contributed by atoms with Crippen LogP contribution in [0.5, 0.6) is 0 Å². The van der Waals surface area contributed by atoms with Crippen molar-refractivity contribution < 1.29 is 14.3 Å². The van der Waals surface area contributed by atoms with Gasteiger partial charge in [0.2, 0.25) is 0 Å². The number of hydrogen-bond acceptors (Lipinski definition) is 3. The van der Waals surface area contributed by atoms with E-state index >= 15 is 0 Å². The molecule has 4 heteroatoms.